The summed E-state index contributed by atoms with van der Waals surface area (Å²) in [5, 5.41) is 15.7. The Labute approximate surface area is 244 Å². The van der Waals surface area contributed by atoms with Crippen LogP contribution in [0.5, 0.6) is 11.5 Å². The predicted octanol–water partition coefficient (Wildman–Crippen LogP) is 6.42. The Morgan fingerprint density at radius 2 is 1.58 bits per heavy atom. The van der Waals surface area contributed by atoms with Crippen molar-refractivity contribution in [3.63, 3.8) is 0 Å². The summed E-state index contributed by atoms with van der Waals surface area (Å²) < 4.78 is 13.7. The van der Waals surface area contributed by atoms with Crippen molar-refractivity contribution >= 4 is 50.6 Å². The SMILES string of the molecule is CCOc1cc(/C=N\NC(=O)C(O)(c2ccccc2)c2ccccc2)cc(Br)c1OCc1ccc(I)cc1. The van der Waals surface area contributed by atoms with Gasteiger partial charge in [0.05, 0.1) is 17.3 Å². The molecule has 0 spiro atoms. The Balaban J connectivity index is 1.53. The van der Waals surface area contributed by atoms with Crippen molar-refractivity contribution in [2.45, 2.75) is 19.1 Å². The van der Waals surface area contributed by atoms with E-state index >= 15 is 0 Å². The highest BCUT2D eigenvalue weighted by Crippen LogP contribution is 2.37. The number of rotatable bonds is 10. The topological polar surface area (TPSA) is 80.2 Å². The molecule has 194 valence electrons. The molecule has 4 rings (SSSR count). The number of ether oxygens (including phenoxy) is 2. The predicted molar refractivity (Wildman–Crippen MR) is 160 cm³/mol. The Bertz CT molecular complexity index is 1360. The van der Waals surface area contributed by atoms with Gasteiger partial charge in [0.1, 0.15) is 6.61 Å². The normalized spacial score (nSPS) is 11.4. The number of amides is 1. The largest absolute Gasteiger partial charge is 0.490 e. The lowest BCUT2D eigenvalue weighted by atomic mass is 9.85. The second-order valence-electron chi connectivity index (χ2n) is 8.32. The fourth-order valence-electron chi connectivity index (χ4n) is 3.84. The molecule has 38 heavy (non-hydrogen) atoms. The van der Waals surface area contributed by atoms with Gasteiger partial charge in [-0.2, -0.15) is 5.10 Å². The monoisotopic (exact) mass is 684 g/mol. The lowest BCUT2D eigenvalue weighted by Crippen LogP contribution is -2.43. The maximum absolute atomic E-state index is 13.3. The van der Waals surface area contributed by atoms with E-state index in [1.54, 1.807) is 54.6 Å². The highest BCUT2D eigenvalue weighted by atomic mass is 127. The van der Waals surface area contributed by atoms with Crippen LogP contribution in [0.15, 0.2) is 107 Å². The number of carbonyl (C=O) groups excluding carboxylic acids is 1. The smallest absolute Gasteiger partial charge is 0.281 e. The summed E-state index contributed by atoms with van der Waals surface area (Å²) in [4.78, 5) is 13.3. The van der Waals surface area contributed by atoms with E-state index in [0.717, 1.165) is 9.13 Å². The fourth-order valence-corrected chi connectivity index (χ4v) is 4.77. The van der Waals surface area contributed by atoms with E-state index in [0.29, 0.717) is 45.9 Å². The third kappa shape index (κ3) is 6.61. The Morgan fingerprint density at radius 1 is 0.974 bits per heavy atom. The molecular weight excluding hydrogens is 659 g/mol. The zero-order chi connectivity index (χ0) is 27.0. The molecule has 0 aliphatic carbocycles. The number of carbonyl (C=O) groups is 1. The number of nitrogens with one attached hydrogen (secondary N) is 1. The zero-order valence-corrected chi connectivity index (χ0v) is 24.3. The number of halogens is 2. The van der Waals surface area contributed by atoms with Gasteiger partial charge in [0.15, 0.2) is 17.1 Å². The third-order valence-electron chi connectivity index (χ3n) is 5.72. The van der Waals surface area contributed by atoms with Crippen LogP contribution < -0.4 is 14.9 Å². The summed E-state index contributed by atoms with van der Waals surface area (Å²) in [5.74, 6) is 0.451. The van der Waals surface area contributed by atoms with Gasteiger partial charge in [-0.25, -0.2) is 5.43 Å². The zero-order valence-electron chi connectivity index (χ0n) is 20.6. The Hall–Kier alpha value is -3.21. The van der Waals surface area contributed by atoms with Crippen LogP contribution in [0.4, 0.5) is 0 Å². The van der Waals surface area contributed by atoms with Crippen LogP contribution in [0.1, 0.15) is 29.2 Å². The van der Waals surface area contributed by atoms with E-state index < -0.39 is 11.5 Å². The van der Waals surface area contributed by atoms with E-state index in [4.69, 9.17) is 9.47 Å². The molecule has 0 saturated heterocycles. The Morgan fingerprint density at radius 3 is 2.16 bits per heavy atom. The average Bonchev–Trinajstić information content (AvgIpc) is 2.94. The third-order valence-corrected chi connectivity index (χ3v) is 7.03. The van der Waals surface area contributed by atoms with E-state index in [9.17, 15) is 9.90 Å². The molecule has 0 heterocycles. The van der Waals surface area contributed by atoms with Gasteiger partial charge >= 0.3 is 0 Å². The van der Waals surface area contributed by atoms with Gasteiger partial charge in [0, 0.05) is 3.57 Å². The summed E-state index contributed by atoms with van der Waals surface area (Å²) in [6, 6.07) is 29.3. The molecule has 0 bridgehead atoms. The number of benzene rings is 4. The minimum atomic E-state index is -1.91. The Kier molecular flexibility index (Phi) is 9.54. The number of hydrogen-bond donors (Lipinski definition) is 2. The van der Waals surface area contributed by atoms with Crippen molar-refractivity contribution in [1.29, 1.82) is 0 Å². The minimum Gasteiger partial charge on any atom is -0.490 e. The summed E-state index contributed by atoms with van der Waals surface area (Å²) in [6.45, 7) is 2.73. The molecule has 8 heteroatoms. The van der Waals surface area contributed by atoms with Crippen molar-refractivity contribution in [2.24, 2.45) is 5.10 Å². The number of nitrogens with zero attached hydrogens (tertiary/aromatic N) is 1. The van der Waals surface area contributed by atoms with Gasteiger partial charge in [-0.3, -0.25) is 4.79 Å². The lowest BCUT2D eigenvalue weighted by molar-refractivity contribution is -0.136. The van der Waals surface area contributed by atoms with Gasteiger partial charge in [0.2, 0.25) is 0 Å². The first kappa shape index (κ1) is 27.8. The molecule has 0 saturated carbocycles. The van der Waals surface area contributed by atoms with Crippen LogP contribution in [0.25, 0.3) is 0 Å². The van der Waals surface area contributed by atoms with E-state index in [2.05, 4.69) is 49.0 Å². The molecule has 1 amide bonds. The van der Waals surface area contributed by atoms with E-state index in [1.807, 2.05) is 49.4 Å². The first-order valence-electron chi connectivity index (χ1n) is 11.9. The number of hydrazone groups is 1. The molecule has 0 aliphatic rings. The average molecular weight is 685 g/mol. The minimum absolute atomic E-state index is 0.386. The summed E-state index contributed by atoms with van der Waals surface area (Å²) in [5.41, 5.74) is 3.18. The van der Waals surface area contributed by atoms with Crippen molar-refractivity contribution in [3.8, 4) is 11.5 Å². The standard InChI is InChI=1S/C30H26BrIN2O4/c1-2-37-27-18-22(17-26(31)28(27)38-20-21-13-15-25(32)16-14-21)19-33-34-29(35)30(36,23-9-5-3-6-10-23)24-11-7-4-8-12-24/h3-19,36H,2,20H2,1H3,(H,34,35)/b33-19-. The highest BCUT2D eigenvalue weighted by Gasteiger charge is 2.39. The molecule has 0 atom stereocenters. The molecule has 0 unspecified atom stereocenters. The van der Waals surface area contributed by atoms with Crippen molar-refractivity contribution < 1.29 is 19.4 Å². The number of aliphatic hydroxyl groups is 1. The van der Waals surface area contributed by atoms with Gasteiger partial charge in [-0.1, -0.05) is 72.8 Å². The molecular formula is C30H26BrIN2O4. The first-order valence-corrected chi connectivity index (χ1v) is 13.8. The van der Waals surface area contributed by atoms with Crippen molar-refractivity contribution in [1.82, 2.24) is 5.43 Å². The first-order chi connectivity index (χ1) is 18.4. The fraction of sp³-hybridized carbons (Fsp3) is 0.133. The number of hydrogen-bond acceptors (Lipinski definition) is 5. The molecule has 0 fully saturated rings. The summed E-state index contributed by atoms with van der Waals surface area (Å²) in [7, 11) is 0. The maximum Gasteiger partial charge on any atom is 0.281 e. The van der Waals surface area contributed by atoms with Crippen LogP contribution >= 0.6 is 38.5 Å². The molecule has 0 aliphatic heterocycles. The summed E-state index contributed by atoms with van der Waals surface area (Å²) >= 11 is 5.84. The molecule has 4 aromatic carbocycles. The molecule has 0 aromatic heterocycles. The maximum atomic E-state index is 13.3. The van der Waals surface area contributed by atoms with Crippen molar-refractivity contribution in [3.05, 3.63) is 127 Å². The molecule has 0 radical (unpaired) electrons. The van der Waals surface area contributed by atoms with Crippen molar-refractivity contribution in [2.75, 3.05) is 6.61 Å². The van der Waals surface area contributed by atoms with E-state index in [-0.39, 0.29) is 0 Å². The van der Waals surface area contributed by atoms with E-state index in [1.165, 1.54) is 6.21 Å². The molecule has 6 nitrogen and oxygen atoms in total. The van der Waals surface area contributed by atoms with Gasteiger partial charge in [-0.05, 0) is 92.0 Å². The molecule has 2 N–H and O–H groups in total. The van der Waals surface area contributed by atoms with Crippen LogP contribution in [0, 0.1) is 3.57 Å². The van der Waals surface area contributed by atoms with Gasteiger partial charge in [0.25, 0.3) is 5.91 Å². The van der Waals surface area contributed by atoms with Crippen LogP contribution in [0.2, 0.25) is 0 Å². The van der Waals surface area contributed by atoms with Crippen LogP contribution in [-0.4, -0.2) is 23.8 Å². The second kappa shape index (κ2) is 13.0. The summed E-state index contributed by atoms with van der Waals surface area (Å²) in [6.07, 6.45) is 1.49. The molecule has 4 aromatic rings. The van der Waals surface area contributed by atoms with Gasteiger partial charge < -0.3 is 14.6 Å². The lowest BCUT2D eigenvalue weighted by Gasteiger charge is -2.27. The van der Waals surface area contributed by atoms with Gasteiger partial charge in [-0.15, -0.1) is 0 Å². The van der Waals surface area contributed by atoms with Crippen LogP contribution in [-0.2, 0) is 17.0 Å². The second-order valence-corrected chi connectivity index (χ2v) is 10.4. The quantitative estimate of drug-likeness (QED) is 0.115. The highest BCUT2D eigenvalue weighted by molar-refractivity contribution is 14.1. The van der Waals surface area contributed by atoms with Crippen LogP contribution in [0.3, 0.4) is 0 Å².